The van der Waals surface area contributed by atoms with Crippen molar-refractivity contribution in [3.63, 3.8) is 0 Å². The van der Waals surface area contributed by atoms with E-state index in [0.717, 1.165) is 29.7 Å². The van der Waals surface area contributed by atoms with Gasteiger partial charge in [0.05, 0.1) is 6.61 Å². The Morgan fingerprint density at radius 3 is 1.58 bits per heavy atom. The zero-order chi connectivity index (χ0) is 26.1. The molecule has 3 rings (SSSR count). The quantitative estimate of drug-likeness (QED) is 0.0618. The van der Waals surface area contributed by atoms with Crippen LogP contribution in [0, 0.1) is 29.1 Å². The normalized spacial score (nSPS) is 10.9. The van der Waals surface area contributed by atoms with Gasteiger partial charge in [-0.3, -0.25) is 0 Å². The molecule has 3 nitrogen and oxygen atoms in total. The van der Waals surface area contributed by atoms with Gasteiger partial charge < -0.3 is 9.47 Å². The molecule has 0 aliphatic heterocycles. The first-order valence-electron chi connectivity index (χ1n) is 11.9. The third-order valence-corrected chi connectivity index (χ3v) is 5.68. The zero-order valence-electron chi connectivity index (χ0n) is 19.9. The van der Waals surface area contributed by atoms with E-state index in [1.54, 1.807) is 12.1 Å². The highest BCUT2D eigenvalue weighted by atomic mass is 19.2. The van der Waals surface area contributed by atoms with Crippen LogP contribution in [0.1, 0.15) is 62.2 Å². The van der Waals surface area contributed by atoms with Crippen LogP contribution in [0.15, 0.2) is 48.5 Å². The summed E-state index contributed by atoms with van der Waals surface area (Å²) in [5, 5.41) is 0. The molecule has 0 atom stereocenters. The first-order valence-corrected chi connectivity index (χ1v) is 11.9. The molecular formula is C28H27F5O3. The molecule has 0 heterocycles. The minimum Gasteiger partial charge on any atom is -0.494 e. The smallest absolute Gasteiger partial charge is 0.349 e. The molecule has 0 radical (unpaired) electrons. The molecular weight excluding hydrogens is 479 g/mol. The molecule has 8 heteroatoms. The number of unbranched alkanes of at least 4 members (excludes halogenated alkanes) is 6. The maximum atomic E-state index is 13.8. The summed E-state index contributed by atoms with van der Waals surface area (Å²) in [7, 11) is 0. The number of carbonyl (C=O) groups excluding carboxylic acids is 1. The Labute approximate surface area is 206 Å². The molecule has 0 bridgehead atoms. The highest BCUT2D eigenvalue weighted by Gasteiger charge is 2.31. The van der Waals surface area contributed by atoms with Gasteiger partial charge in [0.15, 0.2) is 23.3 Å². The van der Waals surface area contributed by atoms with Crippen LogP contribution in [0.4, 0.5) is 22.0 Å². The molecule has 0 spiro atoms. The van der Waals surface area contributed by atoms with Crippen molar-refractivity contribution >= 4 is 5.97 Å². The van der Waals surface area contributed by atoms with Crippen LogP contribution < -0.4 is 9.47 Å². The summed E-state index contributed by atoms with van der Waals surface area (Å²) in [6, 6.07) is 13.3. The fourth-order valence-electron chi connectivity index (χ4n) is 3.65. The monoisotopic (exact) mass is 506 g/mol. The zero-order valence-corrected chi connectivity index (χ0v) is 19.9. The van der Waals surface area contributed by atoms with Crippen LogP contribution in [0.25, 0.3) is 11.1 Å². The minimum absolute atomic E-state index is 0.123. The average Bonchev–Trinajstić information content (AvgIpc) is 2.89. The predicted molar refractivity (Wildman–Crippen MR) is 127 cm³/mol. The van der Waals surface area contributed by atoms with Crippen molar-refractivity contribution in [1.29, 1.82) is 0 Å². The van der Waals surface area contributed by atoms with E-state index in [0.29, 0.717) is 6.61 Å². The van der Waals surface area contributed by atoms with Crippen molar-refractivity contribution in [2.24, 2.45) is 0 Å². The van der Waals surface area contributed by atoms with Crippen molar-refractivity contribution in [2.45, 2.75) is 51.9 Å². The lowest BCUT2D eigenvalue weighted by Gasteiger charge is -2.10. The number of esters is 1. The largest absolute Gasteiger partial charge is 0.494 e. The van der Waals surface area contributed by atoms with Gasteiger partial charge in [0.25, 0.3) is 0 Å². The summed E-state index contributed by atoms with van der Waals surface area (Å²) in [5.41, 5.74) is -0.0527. The van der Waals surface area contributed by atoms with Gasteiger partial charge in [0.1, 0.15) is 17.1 Å². The van der Waals surface area contributed by atoms with Crippen LogP contribution in [0.5, 0.6) is 11.5 Å². The van der Waals surface area contributed by atoms with Gasteiger partial charge in [-0.1, -0.05) is 69.7 Å². The van der Waals surface area contributed by atoms with Crippen molar-refractivity contribution in [3.8, 4) is 22.6 Å². The van der Waals surface area contributed by atoms with E-state index in [2.05, 4.69) is 6.92 Å². The summed E-state index contributed by atoms with van der Waals surface area (Å²) in [6.45, 7) is 2.85. The number of hydrogen-bond donors (Lipinski definition) is 0. The molecule has 0 unspecified atom stereocenters. The number of hydrogen-bond acceptors (Lipinski definition) is 3. The van der Waals surface area contributed by atoms with Gasteiger partial charge in [-0.2, -0.15) is 0 Å². The Hall–Kier alpha value is -3.42. The molecule has 0 fully saturated rings. The van der Waals surface area contributed by atoms with E-state index >= 15 is 0 Å². The summed E-state index contributed by atoms with van der Waals surface area (Å²) in [5.74, 6) is -12.3. The SMILES string of the molecule is CCCCCCCCCOc1ccc(-c2ccc(OC(=O)c3c(F)c(F)c(F)c(F)c3F)cc2)cc1. The van der Waals surface area contributed by atoms with Crippen LogP contribution in [0.3, 0.4) is 0 Å². The van der Waals surface area contributed by atoms with E-state index < -0.39 is 40.6 Å². The first kappa shape index (κ1) is 27.2. The van der Waals surface area contributed by atoms with Gasteiger partial charge in [-0.15, -0.1) is 0 Å². The Morgan fingerprint density at radius 2 is 1.06 bits per heavy atom. The fraction of sp³-hybridized carbons (Fsp3) is 0.321. The standard InChI is InChI=1S/C28H27F5O3/c1-2-3-4-5-6-7-8-17-35-20-13-9-18(10-14-20)19-11-15-21(16-12-19)36-28(34)22-23(29)25(31)27(33)26(32)24(22)30/h9-16H,2-8,17H2,1H3. The minimum atomic E-state index is -2.35. The average molecular weight is 507 g/mol. The molecule has 36 heavy (non-hydrogen) atoms. The number of ether oxygens (including phenoxy) is 2. The number of rotatable bonds is 12. The molecule has 0 aliphatic rings. The third kappa shape index (κ3) is 6.83. The molecule has 0 saturated heterocycles. The second-order valence-electron chi connectivity index (χ2n) is 8.35. The Morgan fingerprint density at radius 1 is 0.611 bits per heavy atom. The van der Waals surface area contributed by atoms with Gasteiger partial charge in [-0.05, 0) is 41.8 Å². The highest BCUT2D eigenvalue weighted by molar-refractivity contribution is 5.91. The molecule has 0 aliphatic carbocycles. The predicted octanol–water partition coefficient (Wildman–Crippen LogP) is 8.40. The maximum Gasteiger partial charge on any atom is 0.349 e. The molecule has 0 aromatic heterocycles. The van der Waals surface area contributed by atoms with Gasteiger partial charge in [0.2, 0.25) is 5.82 Å². The first-order chi connectivity index (χ1) is 17.3. The van der Waals surface area contributed by atoms with E-state index in [1.807, 2.05) is 24.3 Å². The van der Waals surface area contributed by atoms with Gasteiger partial charge >= 0.3 is 5.97 Å². The van der Waals surface area contributed by atoms with Crippen molar-refractivity contribution in [2.75, 3.05) is 6.61 Å². The molecule has 3 aromatic rings. The molecule has 192 valence electrons. The maximum absolute atomic E-state index is 13.8. The molecule has 0 saturated carbocycles. The van der Waals surface area contributed by atoms with Crippen LogP contribution in [0.2, 0.25) is 0 Å². The van der Waals surface area contributed by atoms with E-state index in [1.165, 1.54) is 44.2 Å². The lowest BCUT2D eigenvalue weighted by atomic mass is 10.1. The Kier molecular flexibility index (Phi) is 9.85. The van der Waals surface area contributed by atoms with Gasteiger partial charge in [0, 0.05) is 0 Å². The van der Waals surface area contributed by atoms with Crippen LogP contribution >= 0.6 is 0 Å². The van der Waals surface area contributed by atoms with Crippen molar-refractivity contribution in [1.82, 2.24) is 0 Å². The Balaban J connectivity index is 1.54. The highest BCUT2D eigenvalue weighted by Crippen LogP contribution is 2.27. The second kappa shape index (κ2) is 13.0. The molecule has 0 amide bonds. The topological polar surface area (TPSA) is 35.5 Å². The molecule has 3 aromatic carbocycles. The number of halogens is 5. The number of benzene rings is 3. The van der Waals surface area contributed by atoms with Crippen molar-refractivity contribution < 1.29 is 36.2 Å². The summed E-state index contributed by atoms with van der Waals surface area (Å²) in [6.07, 6.45) is 8.43. The van der Waals surface area contributed by atoms with E-state index in [9.17, 15) is 26.7 Å². The van der Waals surface area contributed by atoms with Crippen molar-refractivity contribution in [3.05, 3.63) is 83.2 Å². The second-order valence-corrected chi connectivity index (χ2v) is 8.35. The third-order valence-electron chi connectivity index (χ3n) is 5.68. The lowest BCUT2D eigenvalue weighted by Crippen LogP contribution is -2.17. The van der Waals surface area contributed by atoms with Crippen LogP contribution in [-0.2, 0) is 0 Å². The van der Waals surface area contributed by atoms with Gasteiger partial charge in [-0.25, -0.2) is 26.7 Å². The molecule has 0 N–H and O–H groups in total. The van der Waals surface area contributed by atoms with E-state index in [4.69, 9.17) is 9.47 Å². The Bertz CT molecular complexity index is 1130. The lowest BCUT2D eigenvalue weighted by molar-refractivity contribution is 0.0721. The number of carbonyl (C=O) groups is 1. The van der Waals surface area contributed by atoms with Crippen LogP contribution in [-0.4, -0.2) is 12.6 Å². The summed E-state index contributed by atoms with van der Waals surface area (Å²) in [4.78, 5) is 12.1. The summed E-state index contributed by atoms with van der Waals surface area (Å²) >= 11 is 0. The fourth-order valence-corrected chi connectivity index (χ4v) is 3.65. The summed E-state index contributed by atoms with van der Waals surface area (Å²) < 4.78 is 78.1. The van der Waals surface area contributed by atoms with E-state index in [-0.39, 0.29) is 5.75 Å².